The largest absolute Gasteiger partial charge is 0.309 e. The van der Waals surface area contributed by atoms with Crippen molar-refractivity contribution in [3.8, 4) is 50.5 Å². The Balaban J connectivity index is 1.08. The van der Waals surface area contributed by atoms with E-state index in [1.165, 1.54) is 77.1 Å². The van der Waals surface area contributed by atoms with Crippen molar-refractivity contribution in [3.63, 3.8) is 0 Å². The van der Waals surface area contributed by atoms with Gasteiger partial charge in [0, 0.05) is 38.4 Å². The highest BCUT2D eigenvalue weighted by Crippen LogP contribution is 2.63. The van der Waals surface area contributed by atoms with Crippen LogP contribution in [0.4, 0.5) is 0 Å². The highest BCUT2D eigenvalue weighted by atomic mass is 15.0. The molecule has 286 valence electrons. The molecule has 0 N–H and O–H groups in total. The van der Waals surface area contributed by atoms with E-state index in [2.05, 4.69) is 217 Å². The maximum Gasteiger partial charge on any atom is 0.0979 e. The van der Waals surface area contributed by atoms with E-state index in [1.54, 1.807) is 0 Å². The zero-order valence-electron chi connectivity index (χ0n) is 33.5. The van der Waals surface area contributed by atoms with Crippen LogP contribution in [0.15, 0.2) is 212 Å². The summed E-state index contributed by atoms with van der Waals surface area (Å²) in [5.41, 5.74) is 18.9. The smallest absolute Gasteiger partial charge is 0.0979 e. The first-order chi connectivity index (χ1) is 30.8. The number of nitrogens with zero attached hydrogens (tertiary/aromatic N) is 3. The van der Waals surface area contributed by atoms with Crippen molar-refractivity contribution in [2.75, 3.05) is 0 Å². The average molecular weight is 786 g/mol. The first-order valence-corrected chi connectivity index (χ1v) is 21.4. The Bertz CT molecular complexity index is 3770. The predicted molar refractivity (Wildman–Crippen MR) is 256 cm³/mol. The van der Waals surface area contributed by atoms with E-state index >= 15 is 0 Å². The van der Waals surface area contributed by atoms with Gasteiger partial charge in [0.1, 0.15) is 0 Å². The summed E-state index contributed by atoms with van der Waals surface area (Å²) in [5, 5.41) is 7.03. The first-order valence-electron chi connectivity index (χ1n) is 21.4. The summed E-state index contributed by atoms with van der Waals surface area (Å²) < 4.78 is 2.39. The van der Waals surface area contributed by atoms with Crippen LogP contribution < -0.4 is 0 Å². The Morgan fingerprint density at radius 3 is 1.26 bits per heavy atom. The van der Waals surface area contributed by atoms with Crippen LogP contribution in [0, 0.1) is 0 Å². The highest BCUT2D eigenvalue weighted by molar-refractivity contribution is 6.23. The zero-order chi connectivity index (χ0) is 40.5. The summed E-state index contributed by atoms with van der Waals surface area (Å²) in [4.78, 5) is 11.6. The molecule has 0 saturated carbocycles. The van der Waals surface area contributed by atoms with Gasteiger partial charge in [-0.25, -0.2) is 9.97 Å². The van der Waals surface area contributed by atoms with Gasteiger partial charge in [-0.1, -0.05) is 182 Å². The molecule has 0 amide bonds. The van der Waals surface area contributed by atoms with E-state index in [4.69, 9.17) is 9.97 Å². The topological polar surface area (TPSA) is 30.7 Å². The molecule has 3 nitrogen and oxygen atoms in total. The van der Waals surface area contributed by atoms with Crippen LogP contribution in [0.25, 0.3) is 105 Å². The molecule has 2 heterocycles. The lowest BCUT2D eigenvalue weighted by molar-refractivity contribution is 0.794. The normalized spacial score (nSPS) is 13.3. The molecule has 14 rings (SSSR count). The molecular weight excluding hydrogens is 751 g/mol. The molecule has 3 heteroatoms. The van der Waals surface area contributed by atoms with E-state index in [1.807, 2.05) is 0 Å². The molecule has 0 aliphatic heterocycles. The molecule has 0 unspecified atom stereocenters. The Kier molecular flexibility index (Phi) is 6.76. The SMILES string of the molecule is c1cc(-c2nc3c4ccccc4c4ccccc4c3nc2-c2ccc3c(c2)C2(c4ccccc4-c4ccccc42)c2ccccc2-3)cc(-n2c3ccccc3c3ccccc32)c1. The lowest BCUT2D eigenvalue weighted by Crippen LogP contribution is -2.25. The molecular formula is C59H35N3. The molecule has 12 aromatic rings. The Morgan fingerprint density at radius 2 is 0.726 bits per heavy atom. The molecule has 0 radical (unpaired) electrons. The molecule has 62 heavy (non-hydrogen) atoms. The number of para-hydroxylation sites is 2. The van der Waals surface area contributed by atoms with Crippen molar-refractivity contribution in [2.45, 2.75) is 5.41 Å². The Labute approximate surface area is 357 Å². The summed E-state index contributed by atoms with van der Waals surface area (Å²) >= 11 is 0. The van der Waals surface area contributed by atoms with Crippen molar-refractivity contribution in [1.82, 2.24) is 14.5 Å². The van der Waals surface area contributed by atoms with Gasteiger partial charge in [-0.15, -0.1) is 0 Å². The van der Waals surface area contributed by atoms with Crippen LogP contribution >= 0.6 is 0 Å². The van der Waals surface area contributed by atoms with Crippen molar-refractivity contribution in [1.29, 1.82) is 0 Å². The van der Waals surface area contributed by atoms with Crippen LogP contribution in [-0.4, -0.2) is 14.5 Å². The fraction of sp³-hybridized carbons (Fsp3) is 0.0169. The van der Waals surface area contributed by atoms with Gasteiger partial charge < -0.3 is 4.57 Å². The minimum absolute atomic E-state index is 0.473. The molecule has 10 aromatic carbocycles. The minimum Gasteiger partial charge on any atom is -0.309 e. The van der Waals surface area contributed by atoms with Crippen LogP contribution in [-0.2, 0) is 5.41 Å². The number of benzene rings is 10. The summed E-state index contributed by atoms with van der Waals surface area (Å²) in [6, 6.07) is 77.7. The summed E-state index contributed by atoms with van der Waals surface area (Å²) in [5.74, 6) is 0. The first kappa shape index (κ1) is 33.7. The van der Waals surface area contributed by atoms with Gasteiger partial charge in [0.25, 0.3) is 0 Å². The van der Waals surface area contributed by atoms with E-state index < -0.39 is 5.41 Å². The van der Waals surface area contributed by atoms with Gasteiger partial charge in [0.05, 0.1) is 38.9 Å². The van der Waals surface area contributed by atoms with Crippen LogP contribution in [0.3, 0.4) is 0 Å². The van der Waals surface area contributed by atoms with Gasteiger partial charge in [-0.3, -0.25) is 0 Å². The lowest BCUT2D eigenvalue weighted by atomic mass is 9.70. The maximum absolute atomic E-state index is 5.80. The third-order valence-corrected chi connectivity index (χ3v) is 13.8. The van der Waals surface area contributed by atoms with E-state index in [0.717, 1.165) is 50.0 Å². The van der Waals surface area contributed by atoms with Gasteiger partial charge in [-0.2, -0.15) is 0 Å². The monoisotopic (exact) mass is 785 g/mol. The second-order valence-corrected chi connectivity index (χ2v) is 16.8. The Hall–Kier alpha value is -8.14. The van der Waals surface area contributed by atoms with Crippen LogP contribution in [0.5, 0.6) is 0 Å². The van der Waals surface area contributed by atoms with Gasteiger partial charge in [0.15, 0.2) is 0 Å². The zero-order valence-corrected chi connectivity index (χ0v) is 33.5. The van der Waals surface area contributed by atoms with E-state index in [0.29, 0.717) is 0 Å². The van der Waals surface area contributed by atoms with E-state index in [9.17, 15) is 0 Å². The molecule has 0 saturated heterocycles. The van der Waals surface area contributed by atoms with E-state index in [-0.39, 0.29) is 0 Å². The summed E-state index contributed by atoms with van der Waals surface area (Å²) in [6.45, 7) is 0. The molecule has 0 fully saturated rings. The molecule has 2 aliphatic carbocycles. The Morgan fingerprint density at radius 1 is 0.306 bits per heavy atom. The third kappa shape index (κ3) is 4.34. The van der Waals surface area contributed by atoms with Crippen molar-refractivity contribution < 1.29 is 0 Å². The van der Waals surface area contributed by atoms with Crippen molar-refractivity contribution >= 4 is 54.4 Å². The number of hydrogen-bond donors (Lipinski definition) is 0. The highest BCUT2D eigenvalue weighted by Gasteiger charge is 2.51. The van der Waals surface area contributed by atoms with Crippen LogP contribution in [0.1, 0.15) is 22.3 Å². The fourth-order valence-corrected chi connectivity index (χ4v) is 11.3. The molecule has 2 aliphatic rings. The lowest BCUT2D eigenvalue weighted by Gasteiger charge is -2.30. The summed E-state index contributed by atoms with van der Waals surface area (Å²) in [6.07, 6.45) is 0. The third-order valence-electron chi connectivity index (χ3n) is 13.8. The quantitative estimate of drug-likeness (QED) is 0.167. The van der Waals surface area contributed by atoms with Crippen molar-refractivity contribution in [3.05, 3.63) is 235 Å². The molecule has 0 atom stereocenters. The predicted octanol–water partition coefficient (Wildman–Crippen LogP) is 14.7. The van der Waals surface area contributed by atoms with Gasteiger partial charge >= 0.3 is 0 Å². The average Bonchev–Trinajstić information content (AvgIpc) is 3.95. The number of rotatable bonds is 3. The van der Waals surface area contributed by atoms with Crippen molar-refractivity contribution in [2.24, 2.45) is 0 Å². The maximum atomic E-state index is 5.80. The second-order valence-electron chi connectivity index (χ2n) is 16.8. The number of fused-ring (bicyclic) bond motifs is 19. The summed E-state index contributed by atoms with van der Waals surface area (Å²) in [7, 11) is 0. The number of aromatic nitrogens is 3. The minimum atomic E-state index is -0.473. The van der Waals surface area contributed by atoms with Gasteiger partial charge in [0.2, 0.25) is 0 Å². The molecule has 1 spiro atoms. The van der Waals surface area contributed by atoms with Gasteiger partial charge in [-0.05, 0) is 85.6 Å². The molecule has 0 bridgehead atoms. The van der Waals surface area contributed by atoms with Crippen LogP contribution in [0.2, 0.25) is 0 Å². The second kappa shape index (κ2) is 12.4. The standard InChI is InChI=1S/C59H35N3/c1-3-25-47-39(18-1)40-19-2-4-26-48(40)58-57(47)60-55(36-16-15-17-38(34-36)62-53-30-13-8-23-45(53)46-24-9-14-31-54(46)62)56(61-58)37-32-33-44-43-22-7-12-29-51(43)59(52(44)35-37)49-27-10-5-20-41(49)42-21-6-11-28-50(42)59/h1-35H. The molecule has 2 aromatic heterocycles. The fourth-order valence-electron chi connectivity index (χ4n) is 11.3. The number of hydrogen-bond acceptors (Lipinski definition) is 2.